The maximum atomic E-state index is 13.6. The maximum absolute atomic E-state index is 13.6. The van der Waals surface area contributed by atoms with Crippen LogP contribution in [0.15, 0.2) is 21.5 Å². The number of aryl methyl sites for hydroxylation is 2. The molecule has 2 aromatic rings. The topological polar surface area (TPSA) is 73.7 Å². The van der Waals surface area contributed by atoms with Crippen LogP contribution in [0.1, 0.15) is 11.4 Å². The second-order valence-corrected chi connectivity index (χ2v) is 9.58. The van der Waals surface area contributed by atoms with E-state index in [1.165, 1.54) is 16.4 Å². The highest BCUT2D eigenvalue weighted by atomic mass is 79.9. The van der Waals surface area contributed by atoms with E-state index in [0.29, 0.717) is 34.8 Å². The molecule has 1 fully saturated rings. The molecule has 27 heavy (non-hydrogen) atoms. The zero-order valence-electron chi connectivity index (χ0n) is 14.9. The van der Waals surface area contributed by atoms with Gasteiger partial charge in [0.2, 0.25) is 0 Å². The van der Waals surface area contributed by atoms with Gasteiger partial charge in [0.15, 0.2) is 6.29 Å². The Balaban J connectivity index is 2.17. The van der Waals surface area contributed by atoms with Gasteiger partial charge in [-0.05, 0) is 26.0 Å². The molecular weight excluding hydrogens is 481 g/mol. The van der Waals surface area contributed by atoms with Gasteiger partial charge in [-0.2, -0.15) is 5.10 Å². The largest absolute Gasteiger partial charge is 0.348 e. The van der Waals surface area contributed by atoms with Crippen molar-refractivity contribution in [3.8, 4) is 0 Å². The number of benzene rings is 1. The lowest BCUT2D eigenvalue weighted by Crippen LogP contribution is -2.39. The summed E-state index contributed by atoms with van der Waals surface area (Å²) in [5.41, 5.74) is 1.69. The van der Waals surface area contributed by atoms with Crippen molar-refractivity contribution >= 4 is 54.8 Å². The first-order valence-corrected chi connectivity index (χ1v) is 11.0. The SMILES string of the molecule is Cc1nn(C)c(C)c1N(CC1OCCO1)S(=O)(=O)c1c(Cl)cc(Br)cc1Cl. The zero-order valence-corrected chi connectivity index (χ0v) is 18.8. The van der Waals surface area contributed by atoms with Gasteiger partial charge >= 0.3 is 0 Å². The molecule has 0 amide bonds. The van der Waals surface area contributed by atoms with Crippen LogP contribution in [0.3, 0.4) is 0 Å². The van der Waals surface area contributed by atoms with Gasteiger partial charge in [0.1, 0.15) is 4.90 Å². The molecule has 0 aliphatic carbocycles. The van der Waals surface area contributed by atoms with Gasteiger partial charge in [-0.25, -0.2) is 8.42 Å². The molecule has 0 spiro atoms. The number of anilines is 1. The smallest absolute Gasteiger partial charge is 0.267 e. The van der Waals surface area contributed by atoms with Crippen molar-refractivity contribution in [2.75, 3.05) is 24.1 Å². The molecule has 1 aromatic carbocycles. The van der Waals surface area contributed by atoms with Crippen molar-refractivity contribution in [3.05, 3.63) is 38.0 Å². The normalized spacial score (nSPS) is 15.5. The monoisotopic (exact) mass is 497 g/mol. The number of hydrogen-bond acceptors (Lipinski definition) is 5. The first-order chi connectivity index (χ1) is 12.6. The van der Waals surface area contributed by atoms with Crippen molar-refractivity contribution in [2.24, 2.45) is 7.05 Å². The highest BCUT2D eigenvalue weighted by Crippen LogP contribution is 2.38. The lowest BCUT2D eigenvalue weighted by molar-refractivity contribution is -0.0322. The van der Waals surface area contributed by atoms with Crippen LogP contribution < -0.4 is 4.31 Å². The summed E-state index contributed by atoms with van der Waals surface area (Å²) in [4.78, 5) is -0.172. The van der Waals surface area contributed by atoms with Gasteiger partial charge in [0.25, 0.3) is 10.0 Å². The van der Waals surface area contributed by atoms with E-state index >= 15 is 0 Å². The molecule has 0 unspecified atom stereocenters. The molecule has 3 rings (SSSR count). The summed E-state index contributed by atoms with van der Waals surface area (Å²) >= 11 is 15.8. The number of ether oxygens (including phenoxy) is 2. The summed E-state index contributed by atoms with van der Waals surface area (Å²) in [6, 6.07) is 2.98. The molecule has 1 saturated heterocycles. The summed E-state index contributed by atoms with van der Waals surface area (Å²) < 4.78 is 41.5. The van der Waals surface area contributed by atoms with Crippen LogP contribution in [-0.4, -0.2) is 44.2 Å². The molecule has 11 heteroatoms. The number of sulfonamides is 1. The molecule has 0 saturated carbocycles. The minimum atomic E-state index is -4.12. The Morgan fingerprint density at radius 2 is 1.81 bits per heavy atom. The van der Waals surface area contributed by atoms with Gasteiger partial charge in [-0.3, -0.25) is 8.99 Å². The maximum Gasteiger partial charge on any atom is 0.267 e. The third-order valence-electron chi connectivity index (χ3n) is 4.24. The quantitative estimate of drug-likeness (QED) is 0.628. The van der Waals surface area contributed by atoms with Crippen molar-refractivity contribution in [3.63, 3.8) is 0 Å². The number of hydrogen-bond donors (Lipinski definition) is 0. The van der Waals surface area contributed by atoms with Gasteiger partial charge in [-0.15, -0.1) is 0 Å². The number of rotatable bonds is 5. The van der Waals surface area contributed by atoms with E-state index in [-0.39, 0.29) is 21.5 Å². The fourth-order valence-corrected chi connectivity index (χ4v) is 6.41. The summed E-state index contributed by atoms with van der Waals surface area (Å²) in [7, 11) is -2.37. The number of aromatic nitrogens is 2. The van der Waals surface area contributed by atoms with Gasteiger partial charge in [0.05, 0.1) is 46.9 Å². The van der Waals surface area contributed by atoms with Crippen molar-refractivity contribution in [2.45, 2.75) is 25.0 Å². The Bertz CT molecular complexity index is 951. The summed E-state index contributed by atoms with van der Waals surface area (Å²) in [6.45, 7) is 4.30. The van der Waals surface area contributed by atoms with E-state index in [0.717, 1.165) is 0 Å². The second-order valence-electron chi connectivity index (χ2n) is 6.05. The Morgan fingerprint density at radius 3 is 2.30 bits per heavy atom. The minimum absolute atomic E-state index is 0.0202. The average Bonchev–Trinajstić information content (AvgIpc) is 3.13. The van der Waals surface area contributed by atoms with Gasteiger partial charge < -0.3 is 9.47 Å². The molecule has 1 aromatic heterocycles. The highest BCUT2D eigenvalue weighted by molar-refractivity contribution is 9.10. The molecule has 7 nitrogen and oxygen atoms in total. The standard InChI is InChI=1S/C16H18BrCl2N3O4S/c1-9-15(10(2)21(3)20-9)22(8-14-25-4-5-26-14)27(23,24)16-12(18)6-11(17)7-13(16)19/h6-7,14H,4-5,8H2,1-3H3. The summed E-state index contributed by atoms with van der Waals surface area (Å²) in [5.74, 6) is 0. The van der Waals surface area contributed by atoms with Crippen LogP contribution in [0.2, 0.25) is 10.0 Å². The van der Waals surface area contributed by atoms with E-state index in [2.05, 4.69) is 21.0 Å². The Hall–Kier alpha value is -0.840. The molecular formula is C16H18BrCl2N3O4S. The number of halogens is 3. The summed E-state index contributed by atoms with van der Waals surface area (Å²) in [6.07, 6.45) is -0.688. The molecule has 1 aliphatic rings. The van der Waals surface area contributed by atoms with Crippen molar-refractivity contribution in [1.29, 1.82) is 0 Å². The lowest BCUT2D eigenvalue weighted by atomic mass is 10.3. The predicted octanol–water partition coefficient (Wildman–Crippen LogP) is 3.67. The van der Waals surface area contributed by atoms with E-state index in [9.17, 15) is 8.42 Å². The van der Waals surface area contributed by atoms with E-state index in [4.69, 9.17) is 32.7 Å². The number of nitrogens with zero attached hydrogens (tertiary/aromatic N) is 3. The Morgan fingerprint density at radius 1 is 1.26 bits per heavy atom. The Kier molecular flexibility index (Phi) is 6.10. The molecule has 0 atom stereocenters. The van der Waals surface area contributed by atoms with Gasteiger partial charge in [-0.1, -0.05) is 39.1 Å². The van der Waals surface area contributed by atoms with Gasteiger partial charge in [0, 0.05) is 11.5 Å². The first kappa shape index (κ1) is 20.9. The van der Waals surface area contributed by atoms with E-state index < -0.39 is 16.3 Å². The summed E-state index contributed by atoms with van der Waals surface area (Å²) in [5, 5.41) is 4.37. The zero-order chi connectivity index (χ0) is 19.9. The average molecular weight is 499 g/mol. The Labute approximate surface area is 176 Å². The third kappa shape index (κ3) is 3.99. The minimum Gasteiger partial charge on any atom is -0.348 e. The molecule has 148 valence electrons. The van der Waals surface area contributed by atoms with Crippen LogP contribution in [0.4, 0.5) is 5.69 Å². The fourth-order valence-electron chi connectivity index (χ4n) is 2.97. The fraction of sp³-hybridized carbons (Fsp3) is 0.438. The van der Waals surface area contributed by atoms with Crippen molar-refractivity contribution in [1.82, 2.24) is 9.78 Å². The van der Waals surface area contributed by atoms with Crippen molar-refractivity contribution < 1.29 is 17.9 Å². The molecule has 0 bridgehead atoms. The van der Waals surface area contributed by atoms with Crippen LogP contribution in [-0.2, 0) is 26.5 Å². The van der Waals surface area contributed by atoms with Crippen LogP contribution >= 0.6 is 39.1 Å². The molecule has 0 radical (unpaired) electrons. The second kappa shape index (κ2) is 7.88. The van der Waals surface area contributed by atoms with E-state index in [1.54, 1.807) is 25.6 Å². The molecule has 1 aliphatic heterocycles. The van der Waals surface area contributed by atoms with Crippen LogP contribution in [0.25, 0.3) is 0 Å². The van der Waals surface area contributed by atoms with Crippen LogP contribution in [0.5, 0.6) is 0 Å². The van der Waals surface area contributed by atoms with Crippen LogP contribution in [0, 0.1) is 13.8 Å². The first-order valence-electron chi connectivity index (χ1n) is 8.03. The van der Waals surface area contributed by atoms with E-state index in [1.807, 2.05) is 0 Å². The molecule has 2 heterocycles. The molecule has 0 N–H and O–H groups in total. The lowest BCUT2D eigenvalue weighted by Gasteiger charge is -2.27. The highest BCUT2D eigenvalue weighted by Gasteiger charge is 2.36. The predicted molar refractivity (Wildman–Crippen MR) is 107 cm³/mol. The third-order valence-corrected chi connectivity index (χ3v) is 7.38.